The number of carboxylic acids is 1. The normalized spacial score (nSPS) is 12.4. The fraction of sp³-hybridized carbons (Fsp3) is 0.300. The topological polar surface area (TPSA) is 80.7 Å². The summed E-state index contributed by atoms with van der Waals surface area (Å²) in [6, 6.07) is 3.10. The Balaban J connectivity index is 2.93. The molecule has 0 aliphatic rings. The van der Waals surface area contributed by atoms with E-state index in [0.29, 0.717) is 0 Å². The zero-order chi connectivity index (χ0) is 15.6. The van der Waals surface area contributed by atoms with Gasteiger partial charge in [-0.25, -0.2) is 13.2 Å². The summed E-state index contributed by atoms with van der Waals surface area (Å²) in [4.78, 5) is 10.4. The quantitative estimate of drug-likeness (QED) is 0.853. The molecule has 0 aliphatic heterocycles. The Morgan fingerprint density at radius 3 is 2.45 bits per heavy atom. The van der Waals surface area contributed by atoms with E-state index in [2.05, 4.69) is 20.7 Å². The molecule has 0 amide bonds. The van der Waals surface area contributed by atoms with Crippen molar-refractivity contribution in [3.63, 3.8) is 0 Å². The Morgan fingerprint density at radius 2 is 1.95 bits per heavy atom. The summed E-state index contributed by atoms with van der Waals surface area (Å²) in [6.45, 7) is -1.70. The lowest BCUT2D eigenvalue weighted by Crippen LogP contribution is -2.20. The fourth-order valence-electron chi connectivity index (χ4n) is 1.20. The minimum absolute atomic E-state index is 0.153. The van der Waals surface area contributed by atoms with E-state index in [1.165, 1.54) is 6.07 Å². The number of carbonyl (C=O) groups is 1. The average molecular weight is 377 g/mol. The van der Waals surface area contributed by atoms with Crippen LogP contribution in [0.2, 0.25) is 0 Å². The molecule has 1 aromatic rings. The van der Waals surface area contributed by atoms with Gasteiger partial charge in [-0.1, -0.05) is 0 Å². The minimum atomic E-state index is -4.64. The van der Waals surface area contributed by atoms with E-state index in [1.54, 1.807) is 0 Å². The van der Waals surface area contributed by atoms with Crippen molar-refractivity contribution in [3.05, 3.63) is 28.2 Å². The van der Waals surface area contributed by atoms with Crippen molar-refractivity contribution < 1.29 is 36.2 Å². The second-order valence-electron chi connectivity index (χ2n) is 3.64. The van der Waals surface area contributed by atoms with E-state index in [9.17, 15) is 26.4 Å². The van der Waals surface area contributed by atoms with Crippen molar-refractivity contribution in [2.45, 2.75) is 11.1 Å². The number of rotatable bonds is 5. The molecule has 5 nitrogen and oxygen atoms in total. The Labute approximate surface area is 120 Å². The molecule has 1 rings (SSSR count). The van der Waals surface area contributed by atoms with Gasteiger partial charge >= 0.3 is 12.1 Å². The van der Waals surface area contributed by atoms with Gasteiger partial charge in [-0.05, 0) is 34.1 Å². The van der Waals surface area contributed by atoms with Gasteiger partial charge in [-0.2, -0.15) is 13.2 Å². The molecule has 0 saturated heterocycles. The number of hydrogen-bond acceptors (Lipinski definition) is 4. The molecule has 0 aliphatic carbocycles. The summed E-state index contributed by atoms with van der Waals surface area (Å²) in [5, 5.41) is 8.83. The molecule has 0 radical (unpaired) electrons. The van der Waals surface area contributed by atoms with Crippen LogP contribution in [0.15, 0.2) is 27.6 Å². The Bertz CT molecular complexity index is 612. The van der Waals surface area contributed by atoms with E-state index in [-0.39, 0.29) is 10.0 Å². The number of alkyl halides is 3. The largest absolute Gasteiger partial charge is 0.478 e. The lowest BCUT2D eigenvalue weighted by molar-refractivity contribution is -0.169. The summed E-state index contributed by atoms with van der Waals surface area (Å²) in [6.07, 6.45) is -4.64. The molecule has 0 unspecified atom stereocenters. The molecule has 0 heterocycles. The van der Waals surface area contributed by atoms with Crippen LogP contribution in [-0.2, 0) is 14.6 Å². The monoisotopic (exact) mass is 376 g/mol. The van der Waals surface area contributed by atoms with Gasteiger partial charge in [0.2, 0.25) is 9.84 Å². The third-order valence-electron chi connectivity index (χ3n) is 2.03. The number of carboxylic acid groups (broad SMARTS) is 1. The molecule has 0 spiro atoms. The third-order valence-corrected chi connectivity index (χ3v) is 4.17. The van der Waals surface area contributed by atoms with Crippen molar-refractivity contribution in [3.8, 4) is 0 Å². The van der Waals surface area contributed by atoms with Crippen molar-refractivity contribution in [1.82, 2.24) is 0 Å². The number of ether oxygens (including phenoxy) is 1. The summed E-state index contributed by atoms with van der Waals surface area (Å²) in [5.41, 5.74) is -0.318. The maximum absolute atomic E-state index is 11.9. The first-order valence-corrected chi connectivity index (χ1v) is 7.37. The number of halogens is 4. The van der Waals surface area contributed by atoms with Crippen LogP contribution in [0.25, 0.3) is 0 Å². The first-order chi connectivity index (χ1) is 9.03. The van der Waals surface area contributed by atoms with Crippen molar-refractivity contribution in [2.24, 2.45) is 0 Å². The summed E-state index contributed by atoms with van der Waals surface area (Å²) >= 11 is 2.92. The summed E-state index contributed by atoms with van der Waals surface area (Å²) in [7, 11) is -4.16. The highest BCUT2D eigenvalue weighted by Gasteiger charge is 2.29. The molecule has 1 N–H and O–H groups in total. The van der Waals surface area contributed by atoms with Gasteiger partial charge in [0.1, 0.15) is 6.61 Å². The maximum atomic E-state index is 11.9. The van der Waals surface area contributed by atoms with E-state index < -0.39 is 39.4 Å². The first-order valence-electron chi connectivity index (χ1n) is 4.93. The Kier molecular flexibility index (Phi) is 5.16. The third kappa shape index (κ3) is 4.76. The smallest absolute Gasteiger partial charge is 0.411 e. The second kappa shape index (κ2) is 6.10. The van der Waals surface area contributed by atoms with Crippen LogP contribution in [0.3, 0.4) is 0 Å². The van der Waals surface area contributed by atoms with E-state index in [0.717, 1.165) is 12.1 Å². The molecule has 0 fully saturated rings. The van der Waals surface area contributed by atoms with E-state index >= 15 is 0 Å². The average Bonchev–Trinajstić information content (AvgIpc) is 2.26. The molecule has 0 saturated carbocycles. The minimum Gasteiger partial charge on any atom is -0.478 e. The van der Waals surface area contributed by atoms with E-state index in [4.69, 9.17) is 5.11 Å². The number of aromatic carboxylic acids is 1. The van der Waals surface area contributed by atoms with Gasteiger partial charge in [-0.3, -0.25) is 0 Å². The van der Waals surface area contributed by atoms with Crippen LogP contribution in [0.5, 0.6) is 0 Å². The molecule has 10 heteroatoms. The number of hydrogen-bond donors (Lipinski definition) is 1. The Hall–Kier alpha value is -1.13. The van der Waals surface area contributed by atoms with Crippen molar-refractivity contribution >= 4 is 31.7 Å². The highest BCUT2D eigenvalue weighted by atomic mass is 79.9. The van der Waals surface area contributed by atoms with Gasteiger partial charge in [-0.15, -0.1) is 0 Å². The standard InChI is InChI=1S/C10H8BrF3O5S/c11-8-2-1-6(3-7(8)9(15)16)20(17,18)5-19-4-10(12,13)14/h1-3H,4-5H2,(H,15,16). The zero-order valence-corrected chi connectivity index (χ0v) is 12.0. The van der Waals surface area contributed by atoms with Crippen molar-refractivity contribution in [2.75, 3.05) is 12.5 Å². The molecular formula is C10H8BrF3O5S. The molecule has 1 aromatic carbocycles. The van der Waals surface area contributed by atoms with Crippen LogP contribution in [0, 0.1) is 0 Å². The lowest BCUT2D eigenvalue weighted by atomic mass is 10.2. The van der Waals surface area contributed by atoms with Crippen LogP contribution < -0.4 is 0 Å². The Morgan fingerprint density at radius 1 is 1.35 bits per heavy atom. The predicted molar refractivity (Wildman–Crippen MR) is 65.2 cm³/mol. The van der Waals surface area contributed by atoms with Gasteiger partial charge in [0.25, 0.3) is 0 Å². The van der Waals surface area contributed by atoms with Gasteiger partial charge in [0.15, 0.2) is 5.94 Å². The van der Waals surface area contributed by atoms with Crippen LogP contribution >= 0.6 is 15.9 Å². The van der Waals surface area contributed by atoms with Crippen LogP contribution in [0.1, 0.15) is 10.4 Å². The fourth-order valence-corrected chi connectivity index (χ4v) is 2.62. The van der Waals surface area contributed by atoms with Crippen LogP contribution in [0.4, 0.5) is 13.2 Å². The van der Waals surface area contributed by atoms with Crippen LogP contribution in [-0.4, -0.2) is 38.2 Å². The van der Waals surface area contributed by atoms with Crippen molar-refractivity contribution in [1.29, 1.82) is 0 Å². The zero-order valence-electron chi connectivity index (χ0n) is 9.65. The summed E-state index contributed by atoms with van der Waals surface area (Å²) < 4.78 is 63.2. The molecular weight excluding hydrogens is 369 g/mol. The molecule has 112 valence electrons. The lowest BCUT2D eigenvalue weighted by Gasteiger charge is -2.09. The predicted octanol–water partition coefficient (Wildman–Crippen LogP) is 2.46. The molecule has 0 bridgehead atoms. The molecule has 0 atom stereocenters. The molecule has 0 aromatic heterocycles. The number of benzene rings is 1. The van der Waals surface area contributed by atoms with Gasteiger partial charge in [0.05, 0.1) is 10.5 Å². The first kappa shape index (κ1) is 16.9. The molecule has 20 heavy (non-hydrogen) atoms. The highest BCUT2D eigenvalue weighted by molar-refractivity contribution is 9.10. The van der Waals surface area contributed by atoms with Gasteiger partial charge < -0.3 is 9.84 Å². The number of sulfone groups is 1. The second-order valence-corrected chi connectivity index (χ2v) is 6.43. The SMILES string of the molecule is O=C(O)c1cc(S(=O)(=O)COCC(F)(F)F)ccc1Br. The van der Waals surface area contributed by atoms with E-state index in [1.807, 2.05) is 0 Å². The highest BCUT2D eigenvalue weighted by Crippen LogP contribution is 2.22. The summed E-state index contributed by atoms with van der Waals surface area (Å²) in [5.74, 6) is -2.56. The van der Waals surface area contributed by atoms with Gasteiger partial charge in [0, 0.05) is 4.47 Å². The maximum Gasteiger partial charge on any atom is 0.411 e.